The lowest BCUT2D eigenvalue weighted by molar-refractivity contribution is -0.105. The van der Waals surface area contributed by atoms with E-state index in [0.717, 1.165) is 17.1 Å². The molecular weight excluding hydrogens is 367 g/mol. The van der Waals surface area contributed by atoms with Gasteiger partial charge in [0.1, 0.15) is 6.29 Å². The molecule has 1 heterocycles. The van der Waals surface area contributed by atoms with Gasteiger partial charge in [0, 0.05) is 12.5 Å². The van der Waals surface area contributed by atoms with Crippen molar-refractivity contribution >= 4 is 14.6 Å². The van der Waals surface area contributed by atoms with E-state index in [9.17, 15) is 18.8 Å². The van der Waals surface area contributed by atoms with E-state index in [0.29, 0.717) is 24.5 Å². The Morgan fingerprint density at radius 3 is 2.59 bits per heavy atom. The highest BCUT2D eigenvalue weighted by Gasteiger charge is 2.44. The zero-order valence-corrected chi connectivity index (χ0v) is 17.8. The van der Waals surface area contributed by atoms with E-state index >= 15 is 0 Å². The molecule has 1 aliphatic rings. The number of carbonyl (C=O) groups is 1. The summed E-state index contributed by atoms with van der Waals surface area (Å²) in [5.74, 6) is -0.731. The third-order valence-corrected chi connectivity index (χ3v) is 11.0. The second-order valence-electron chi connectivity index (χ2n) is 8.63. The van der Waals surface area contributed by atoms with E-state index in [4.69, 9.17) is 4.43 Å². The summed E-state index contributed by atoms with van der Waals surface area (Å²) >= 11 is 0. The first-order valence-electron chi connectivity index (χ1n) is 9.22. The molecule has 6 nitrogen and oxygen atoms in total. The van der Waals surface area contributed by atoms with Gasteiger partial charge in [0.05, 0.1) is 12.2 Å². The fraction of sp³-hybridized carbons (Fsp3) is 0.632. The van der Waals surface area contributed by atoms with Gasteiger partial charge < -0.3 is 4.43 Å². The van der Waals surface area contributed by atoms with Crippen LogP contribution >= 0.6 is 0 Å². The molecule has 1 aliphatic carbocycles. The topological polar surface area (TPSA) is 81.2 Å². The van der Waals surface area contributed by atoms with E-state index < -0.39 is 31.4 Å². The van der Waals surface area contributed by atoms with E-state index in [-0.39, 0.29) is 11.0 Å². The van der Waals surface area contributed by atoms with Crippen molar-refractivity contribution in [2.75, 3.05) is 6.61 Å². The first-order valence-corrected chi connectivity index (χ1v) is 12.1. The minimum Gasteiger partial charge on any atom is -0.416 e. The van der Waals surface area contributed by atoms with Crippen molar-refractivity contribution in [2.24, 2.45) is 11.8 Å². The van der Waals surface area contributed by atoms with Crippen LogP contribution in [0, 0.1) is 17.7 Å². The van der Waals surface area contributed by atoms with Crippen molar-refractivity contribution in [1.29, 1.82) is 0 Å². The van der Waals surface area contributed by atoms with Crippen LogP contribution in [0.25, 0.3) is 0 Å². The highest BCUT2D eigenvalue weighted by atomic mass is 28.4. The maximum Gasteiger partial charge on any atom is 0.329 e. The average molecular weight is 397 g/mol. The fourth-order valence-corrected chi connectivity index (χ4v) is 5.62. The molecule has 2 atom stereocenters. The molecule has 0 bridgehead atoms. The van der Waals surface area contributed by atoms with Crippen molar-refractivity contribution < 1.29 is 13.6 Å². The lowest BCUT2D eigenvalue weighted by Crippen LogP contribution is -2.46. The number of aromatic amines is 1. The van der Waals surface area contributed by atoms with Crippen molar-refractivity contribution in [3.8, 4) is 0 Å². The maximum atomic E-state index is 13.6. The van der Waals surface area contributed by atoms with Crippen LogP contribution in [0.3, 0.4) is 0 Å². The second kappa shape index (κ2) is 7.67. The monoisotopic (exact) mass is 396 g/mol. The van der Waals surface area contributed by atoms with Gasteiger partial charge >= 0.3 is 5.69 Å². The molecule has 1 aromatic heterocycles. The number of hydrogen-bond acceptors (Lipinski definition) is 4. The first kappa shape index (κ1) is 21.5. The Bertz CT molecular complexity index is 854. The third kappa shape index (κ3) is 4.21. The number of carbonyl (C=O) groups excluding carboxylic acids is 1. The molecule has 0 aromatic carbocycles. The molecule has 0 saturated heterocycles. The van der Waals surface area contributed by atoms with Crippen LogP contribution in [0.4, 0.5) is 4.39 Å². The summed E-state index contributed by atoms with van der Waals surface area (Å²) in [6, 6.07) is -0.486. The Morgan fingerprint density at radius 2 is 2.04 bits per heavy atom. The van der Waals surface area contributed by atoms with Gasteiger partial charge in [0.15, 0.2) is 8.32 Å². The third-order valence-electron chi connectivity index (χ3n) is 6.44. The van der Waals surface area contributed by atoms with Gasteiger partial charge in [-0.15, -0.1) is 0 Å². The summed E-state index contributed by atoms with van der Waals surface area (Å²) in [6.45, 7) is 13.5. The number of aldehydes is 1. The van der Waals surface area contributed by atoms with E-state index in [1.165, 1.54) is 0 Å². The van der Waals surface area contributed by atoms with Crippen molar-refractivity contribution in [1.82, 2.24) is 9.55 Å². The van der Waals surface area contributed by atoms with Crippen LogP contribution in [0.5, 0.6) is 0 Å². The Labute approximate surface area is 159 Å². The standard InChI is InChI=1S/C19H29FN2O4Si/c1-12(2)19(3,4)27(5,6)26-11-14-8-15(7-13(14)10-23)22-9-16(20)17(24)21-18(22)25/h7,9-10,12,14-15H,8,11H2,1-6H3,(H,21,24,25)/t14-,15+/m0/s1. The molecule has 27 heavy (non-hydrogen) atoms. The van der Waals surface area contributed by atoms with Gasteiger partial charge in [-0.1, -0.05) is 33.8 Å². The Morgan fingerprint density at radius 1 is 1.41 bits per heavy atom. The minimum atomic E-state index is -2.05. The quantitative estimate of drug-likeness (QED) is 0.567. The lowest BCUT2D eigenvalue weighted by Gasteiger charge is -2.43. The smallest absolute Gasteiger partial charge is 0.329 e. The normalized spacial score (nSPS) is 20.8. The van der Waals surface area contributed by atoms with Gasteiger partial charge in [-0.2, -0.15) is 4.39 Å². The zero-order chi connectivity index (χ0) is 20.6. The summed E-state index contributed by atoms with van der Waals surface area (Å²) in [7, 11) is -2.05. The molecule has 0 amide bonds. The van der Waals surface area contributed by atoms with Crippen LogP contribution in [-0.2, 0) is 9.22 Å². The molecule has 150 valence electrons. The van der Waals surface area contributed by atoms with Crippen LogP contribution in [0.2, 0.25) is 18.1 Å². The van der Waals surface area contributed by atoms with Gasteiger partial charge in [-0.25, -0.2) is 4.79 Å². The largest absolute Gasteiger partial charge is 0.416 e. The number of aromatic nitrogens is 2. The van der Waals surface area contributed by atoms with Gasteiger partial charge in [0.25, 0.3) is 5.56 Å². The summed E-state index contributed by atoms with van der Waals surface area (Å²) in [5, 5.41) is 0.0506. The molecule has 0 aliphatic heterocycles. The van der Waals surface area contributed by atoms with Crippen LogP contribution in [0.1, 0.15) is 40.2 Å². The van der Waals surface area contributed by atoms with Gasteiger partial charge in [-0.05, 0) is 36.0 Å². The summed E-state index contributed by atoms with van der Waals surface area (Å²) < 4.78 is 21.1. The summed E-state index contributed by atoms with van der Waals surface area (Å²) in [4.78, 5) is 36.7. The Hall–Kier alpha value is -1.80. The average Bonchev–Trinajstić information content (AvgIpc) is 2.99. The Kier molecular flexibility index (Phi) is 6.11. The number of H-pyrrole nitrogens is 1. The number of allylic oxidation sites excluding steroid dienone is 1. The van der Waals surface area contributed by atoms with E-state index in [2.05, 4.69) is 40.8 Å². The number of halogens is 1. The Balaban J connectivity index is 2.19. The van der Waals surface area contributed by atoms with Crippen LogP contribution in [0.15, 0.2) is 27.4 Å². The molecule has 1 aromatic rings. The maximum absolute atomic E-state index is 13.6. The van der Waals surface area contributed by atoms with Crippen molar-refractivity contribution in [2.45, 2.75) is 58.3 Å². The number of nitrogens with zero attached hydrogens (tertiary/aromatic N) is 1. The number of rotatable bonds is 7. The molecule has 2 rings (SSSR count). The highest BCUT2D eigenvalue weighted by Crippen LogP contribution is 2.45. The van der Waals surface area contributed by atoms with Crippen LogP contribution < -0.4 is 11.2 Å². The zero-order valence-electron chi connectivity index (χ0n) is 16.8. The van der Waals surface area contributed by atoms with Crippen molar-refractivity contribution in [3.63, 3.8) is 0 Å². The highest BCUT2D eigenvalue weighted by molar-refractivity contribution is 6.74. The molecule has 8 heteroatoms. The minimum absolute atomic E-state index is 0.0506. The second-order valence-corrected chi connectivity index (χ2v) is 13.2. The predicted molar refractivity (Wildman–Crippen MR) is 105 cm³/mol. The molecule has 0 fully saturated rings. The van der Waals surface area contributed by atoms with Gasteiger partial charge in [0.2, 0.25) is 5.82 Å². The summed E-state index contributed by atoms with van der Waals surface area (Å²) in [6.07, 6.45) is 3.77. The fourth-order valence-electron chi connectivity index (χ4n) is 3.24. The molecule has 0 unspecified atom stereocenters. The van der Waals surface area contributed by atoms with Gasteiger partial charge in [-0.3, -0.25) is 19.1 Å². The molecule has 0 spiro atoms. The first-order chi connectivity index (χ1) is 12.4. The number of nitrogens with one attached hydrogen (secondary N) is 1. The van der Waals surface area contributed by atoms with Crippen LogP contribution in [-0.4, -0.2) is 30.8 Å². The molecule has 0 saturated carbocycles. The number of hydrogen-bond donors (Lipinski definition) is 1. The summed E-state index contributed by atoms with van der Waals surface area (Å²) in [5.41, 5.74) is -1.19. The SMILES string of the molecule is CC(C)C(C)(C)[Si](C)(C)OC[C@@H]1C[C@H](n2cc(F)c(=O)[nH]c2=O)C=C1C=O. The molecule has 1 N–H and O–H groups in total. The van der Waals surface area contributed by atoms with E-state index in [1.807, 2.05) is 4.98 Å². The lowest BCUT2D eigenvalue weighted by atomic mass is 9.99. The van der Waals surface area contributed by atoms with E-state index in [1.54, 1.807) is 6.08 Å². The molecule has 0 radical (unpaired) electrons. The predicted octanol–water partition coefficient (Wildman–Crippen LogP) is 3.02. The molecular formula is C19H29FN2O4Si. The van der Waals surface area contributed by atoms with Crippen molar-refractivity contribution in [3.05, 3.63) is 44.5 Å².